The Hall–Kier alpha value is -3.02. The summed E-state index contributed by atoms with van der Waals surface area (Å²) in [5.41, 5.74) is 3.06. The molecule has 3 aromatic rings. The van der Waals surface area contributed by atoms with Gasteiger partial charge in [0.25, 0.3) is 0 Å². The van der Waals surface area contributed by atoms with Crippen LogP contribution in [0.4, 0.5) is 5.82 Å². The minimum absolute atomic E-state index is 0.642. The number of aryl methyl sites for hydroxylation is 2. The molecule has 2 heterocycles. The van der Waals surface area contributed by atoms with Crippen molar-refractivity contribution in [2.24, 2.45) is 0 Å². The van der Waals surface area contributed by atoms with E-state index < -0.39 is 0 Å². The van der Waals surface area contributed by atoms with Gasteiger partial charge in [0, 0.05) is 12.2 Å². The Morgan fingerprint density at radius 2 is 1.81 bits per heavy atom. The molecule has 0 amide bonds. The van der Waals surface area contributed by atoms with Crippen LogP contribution in [-0.2, 0) is 0 Å². The van der Waals surface area contributed by atoms with Crippen molar-refractivity contribution in [3.8, 4) is 17.2 Å². The number of ether oxygens (including phenoxy) is 2. The number of nitrogens with zero attached hydrogens (tertiary/aromatic N) is 3. The summed E-state index contributed by atoms with van der Waals surface area (Å²) in [5, 5.41) is 7.78. The van der Waals surface area contributed by atoms with Gasteiger partial charge >= 0.3 is 0 Å². The minimum Gasteiger partial charge on any atom is -0.497 e. The lowest BCUT2D eigenvalue weighted by Crippen LogP contribution is -2.08. The molecule has 26 heavy (non-hydrogen) atoms. The smallest absolute Gasteiger partial charge is 0.126 e. The predicted molar refractivity (Wildman–Crippen MR) is 102 cm³/mol. The number of methoxy groups -OCH3 is 1. The highest BCUT2D eigenvalue weighted by Gasteiger charge is 2.04. The van der Waals surface area contributed by atoms with Gasteiger partial charge in [-0.2, -0.15) is 5.10 Å². The first-order valence-corrected chi connectivity index (χ1v) is 8.66. The van der Waals surface area contributed by atoms with Crippen LogP contribution in [0.1, 0.15) is 17.8 Å². The molecule has 136 valence electrons. The molecule has 0 spiro atoms. The molecule has 0 fully saturated rings. The zero-order valence-corrected chi connectivity index (χ0v) is 15.4. The standard InChI is InChI=1S/C20H24N4O2/c1-15-13-16(2)24(23-15)17-5-10-20(22-14-17)21-11-4-12-26-19-8-6-18(25-3)7-9-19/h5-10,13-14H,4,11-12H2,1-3H3,(H,21,22). The molecule has 2 aromatic heterocycles. The first-order chi connectivity index (χ1) is 12.7. The lowest BCUT2D eigenvalue weighted by molar-refractivity contribution is 0.314. The highest BCUT2D eigenvalue weighted by atomic mass is 16.5. The lowest BCUT2D eigenvalue weighted by Gasteiger charge is -2.09. The monoisotopic (exact) mass is 352 g/mol. The fraction of sp³-hybridized carbons (Fsp3) is 0.300. The quantitative estimate of drug-likeness (QED) is 0.625. The molecule has 6 heteroatoms. The van der Waals surface area contributed by atoms with Crippen molar-refractivity contribution in [3.05, 3.63) is 60.0 Å². The second-order valence-electron chi connectivity index (χ2n) is 6.04. The second-order valence-corrected chi connectivity index (χ2v) is 6.04. The van der Waals surface area contributed by atoms with E-state index in [1.165, 1.54) is 0 Å². The number of benzene rings is 1. The van der Waals surface area contributed by atoms with Crippen molar-refractivity contribution >= 4 is 5.82 Å². The molecule has 0 aliphatic carbocycles. The third kappa shape index (κ3) is 4.53. The maximum Gasteiger partial charge on any atom is 0.126 e. The summed E-state index contributed by atoms with van der Waals surface area (Å²) in [6.07, 6.45) is 2.71. The van der Waals surface area contributed by atoms with E-state index in [9.17, 15) is 0 Å². The summed E-state index contributed by atoms with van der Waals surface area (Å²) in [5.74, 6) is 2.52. The van der Waals surface area contributed by atoms with Crippen LogP contribution in [0.25, 0.3) is 5.69 Å². The number of pyridine rings is 1. The van der Waals surface area contributed by atoms with Gasteiger partial charge in [-0.05, 0) is 62.7 Å². The molecule has 0 unspecified atom stereocenters. The van der Waals surface area contributed by atoms with Crippen LogP contribution in [0.5, 0.6) is 11.5 Å². The molecule has 0 saturated carbocycles. The van der Waals surface area contributed by atoms with Gasteiger partial charge in [-0.3, -0.25) is 0 Å². The third-order valence-corrected chi connectivity index (χ3v) is 3.96. The van der Waals surface area contributed by atoms with Gasteiger partial charge in [-0.1, -0.05) is 0 Å². The highest BCUT2D eigenvalue weighted by molar-refractivity contribution is 5.41. The first kappa shape index (κ1) is 17.8. The Kier molecular flexibility index (Phi) is 5.73. The van der Waals surface area contributed by atoms with Crippen LogP contribution in [0, 0.1) is 13.8 Å². The van der Waals surface area contributed by atoms with Crippen LogP contribution >= 0.6 is 0 Å². The first-order valence-electron chi connectivity index (χ1n) is 8.66. The topological polar surface area (TPSA) is 61.2 Å². The van der Waals surface area contributed by atoms with E-state index in [0.29, 0.717) is 6.61 Å². The summed E-state index contributed by atoms with van der Waals surface area (Å²) < 4.78 is 12.7. The van der Waals surface area contributed by atoms with Crippen molar-refractivity contribution in [1.29, 1.82) is 0 Å². The van der Waals surface area contributed by atoms with Gasteiger partial charge in [-0.15, -0.1) is 0 Å². The fourth-order valence-corrected chi connectivity index (χ4v) is 2.66. The van der Waals surface area contributed by atoms with E-state index >= 15 is 0 Å². The predicted octanol–water partition coefficient (Wildman–Crippen LogP) is 3.77. The number of nitrogens with one attached hydrogen (secondary N) is 1. The van der Waals surface area contributed by atoms with E-state index in [0.717, 1.165) is 47.4 Å². The average Bonchev–Trinajstić information content (AvgIpc) is 3.00. The lowest BCUT2D eigenvalue weighted by atomic mass is 10.3. The van der Waals surface area contributed by atoms with Crippen molar-refractivity contribution in [2.75, 3.05) is 25.6 Å². The maximum atomic E-state index is 5.71. The largest absolute Gasteiger partial charge is 0.497 e. The van der Waals surface area contributed by atoms with Crippen LogP contribution in [0.15, 0.2) is 48.7 Å². The fourth-order valence-electron chi connectivity index (χ4n) is 2.66. The van der Waals surface area contributed by atoms with Crippen LogP contribution in [-0.4, -0.2) is 35.0 Å². The van der Waals surface area contributed by atoms with E-state index in [4.69, 9.17) is 9.47 Å². The van der Waals surface area contributed by atoms with Crippen molar-refractivity contribution in [2.45, 2.75) is 20.3 Å². The highest BCUT2D eigenvalue weighted by Crippen LogP contribution is 2.17. The van der Waals surface area contributed by atoms with Crippen LogP contribution in [0.3, 0.4) is 0 Å². The number of hydrogen-bond acceptors (Lipinski definition) is 5. The number of rotatable bonds is 8. The molecule has 0 aliphatic heterocycles. The molecule has 0 atom stereocenters. The molecular weight excluding hydrogens is 328 g/mol. The Bertz CT molecular complexity index is 826. The molecule has 3 rings (SSSR count). The summed E-state index contributed by atoms with van der Waals surface area (Å²) in [6.45, 7) is 5.46. The Balaban J connectivity index is 1.42. The van der Waals surface area contributed by atoms with Gasteiger partial charge in [0.1, 0.15) is 17.3 Å². The van der Waals surface area contributed by atoms with Crippen molar-refractivity contribution in [1.82, 2.24) is 14.8 Å². The summed E-state index contributed by atoms with van der Waals surface area (Å²) in [7, 11) is 1.65. The van der Waals surface area contributed by atoms with Crippen LogP contribution < -0.4 is 14.8 Å². The summed E-state index contributed by atoms with van der Waals surface area (Å²) in [6, 6.07) is 13.6. The normalized spacial score (nSPS) is 10.6. The summed E-state index contributed by atoms with van der Waals surface area (Å²) >= 11 is 0. The van der Waals surface area contributed by atoms with Gasteiger partial charge in [0.05, 0.1) is 31.3 Å². The Morgan fingerprint density at radius 1 is 1.04 bits per heavy atom. The molecule has 6 nitrogen and oxygen atoms in total. The van der Waals surface area contributed by atoms with Gasteiger partial charge < -0.3 is 14.8 Å². The summed E-state index contributed by atoms with van der Waals surface area (Å²) in [4.78, 5) is 4.45. The SMILES string of the molecule is COc1ccc(OCCCNc2ccc(-n3nc(C)cc3C)cn2)cc1. The van der Waals surface area contributed by atoms with E-state index in [1.54, 1.807) is 7.11 Å². The molecule has 1 aromatic carbocycles. The second kappa shape index (κ2) is 8.38. The minimum atomic E-state index is 0.642. The van der Waals surface area contributed by atoms with Crippen molar-refractivity contribution in [3.63, 3.8) is 0 Å². The van der Waals surface area contributed by atoms with E-state index in [-0.39, 0.29) is 0 Å². The molecule has 0 bridgehead atoms. The molecule has 0 aliphatic rings. The Morgan fingerprint density at radius 3 is 2.42 bits per heavy atom. The van der Waals surface area contributed by atoms with Crippen molar-refractivity contribution < 1.29 is 9.47 Å². The molecule has 0 saturated heterocycles. The number of hydrogen-bond donors (Lipinski definition) is 1. The van der Waals surface area contributed by atoms with Gasteiger partial charge in [-0.25, -0.2) is 9.67 Å². The molecular formula is C20H24N4O2. The van der Waals surface area contributed by atoms with Gasteiger partial charge in [0.2, 0.25) is 0 Å². The van der Waals surface area contributed by atoms with E-state index in [1.807, 2.05) is 61.1 Å². The number of anilines is 1. The third-order valence-electron chi connectivity index (χ3n) is 3.96. The zero-order valence-electron chi connectivity index (χ0n) is 15.4. The zero-order chi connectivity index (χ0) is 18.4. The van der Waals surface area contributed by atoms with E-state index in [2.05, 4.69) is 21.5 Å². The number of aromatic nitrogens is 3. The molecule has 0 radical (unpaired) electrons. The maximum absolute atomic E-state index is 5.71. The Labute approximate surface area is 153 Å². The average molecular weight is 352 g/mol. The van der Waals surface area contributed by atoms with Crippen LogP contribution in [0.2, 0.25) is 0 Å². The molecule has 1 N–H and O–H groups in total. The van der Waals surface area contributed by atoms with Gasteiger partial charge in [0.15, 0.2) is 0 Å².